The molecule has 16 heavy (non-hydrogen) atoms. The largest absolute Gasteiger partial charge is 0.496 e. The zero-order valence-corrected chi connectivity index (χ0v) is 10.7. The Morgan fingerprint density at radius 1 is 1.38 bits per heavy atom. The number of rotatable bonds is 2. The van der Waals surface area contributed by atoms with Gasteiger partial charge in [0.15, 0.2) is 0 Å². The van der Waals surface area contributed by atoms with E-state index in [0.29, 0.717) is 5.56 Å². The molecule has 0 N–H and O–H groups in total. The lowest BCUT2D eigenvalue weighted by Gasteiger charge is -2.08. The summed E-state index contributed by atoms with van der Waals surface area (Å²) in [4.78, 5) is 0. The van der Waals surface area contributed by atoms with Gasteiger partial charge in [-0.25, -0.2) is 0 Å². The minimum Gasteiger partial charge on any atom is -0.496 e. The Labute approximate surface area is 98.2 Å². The van der Waals surface area contributed by atoms with E-state index in [0.717, 1.165) is 16.9 Å². The number of hydrogen-bond acceptors (Lipinski definition) is 2. The minimum atomic E-state index is 0.655. The quantitative estimate of drug-likeness (QED) is 0.749. The number of benzene rings is 1. The monoisotopic (exact) mass is 217 g/mol. The van der Waals surface area contributed by atoms with Gasteiger partial charge in [-0.3, -0.25) is 0 Å². The van der Waals surface area contributed by atoms with Crippen molar-refractivity contribution < 1.29 is 4.74 Å². The van der Waals surface area contributed by atoms with E-state index in [1.54, 1.807) is 13.2 Å². The molecule has 0 radical (unpaired) electrons. The first-order valence-corrected chi connectivity index (χ1v) is 5.44. The molecule has 0 unspecified atom stereocenters. The summed E-state index contributed by atoms with van der Waals surface area (Å²) in [6, 6.07) is 7.53. The van der Waals surface area contributed by atoms with Gasteiger partial charge in [-0.05, 0) is 37.6 Å². The van der Waals surface area contributed by atoms with Gasteiger partial charge < -0.3 is 4.74 Å². The van der Waals surface area contributed by atoms with Gasteiger partial charge in [0.25, 0.3) is 0 Å². The van der Waals surface area contributed by atoms with Crippen LogP contribution >= 0.6 is 0 Å². The number of methoxy groups -OCH3 is 1. The Morgan fingerprint density at radius 2 is 2.00 bits per heavy atom. The van der Waals surface area contributed by atoms with Crippen molar-refractivity contribution in [1.29, 1.82) is 5.26 Å². The fourth-order valence-corrected chi connectivity index (χ4v) is 1.24. The summed E-state index contributed by atoms with van der Waals surface area (Å²) in [7, 11) is 1.63. The van der Waals surface area contributed by atoms with Crippen molar-refractivity contribution >= 4 is 5.57 Å². The number of allylic oxidation sites excluding steroid dienone is 2. The van der Waals surface area contributed by atoms with Crippen LogP contribution in [-0.2, 0) is 0 Å². The molecule has 2 heteroatoms. The molecular weight excluding hydrogens is 198 g/mol. The predicted molar refractivity (Wildman–Crippen MR) is 68.4 cm³/mol. The molecule has 0 heterocycles. The van der Waals surface area contributed by atoms with E-state index >= 15 is 0 Å². The third-order valence-corrected chi connectivity index (χ3v) is 2.19. The number of ether oxygens (including phenoxy) is 1. The zero-order chi connectivity index (χ0) is 12.6. The van der Waals surface area contributed by atoms with Crippen LogP contribution in [0.2, 0.25) is 0 Å². The smallest absolute Gasteiger partial charge is 0.126 e. The fourth-order valence-electron chi connectivity index (χ4n) is 1.24. The highest BCUT2D eigenvalue weighted by Crippen LogP contribution is 2.26. The maximum atomic E-state index is 8.77. The molecule has 0 bridgehead atoms. The van der Waals surface area contributed by atoms with Crippen LogP contribution in [0.4, 0.5) is 0 Å². The number of nitriles is 1. The standard InChI is InChI=1S/C12H13NO.C2H6/c1-4-9(2)11-7-10(8-13)5-6-12(11)14-3;1-2/h4-7H,1-3H3;1-2H3/b9-4+;. The number of hydrogen-bond donors (Lipinski definition) is 0. The molecule has 0 aromatic heterocycles. The van der Waals surface area contributed by atoms with Crippen LogP contribution in [0.1, 0.15) is 38.8 Å². The summed E-state index contributed by atoms with van der Waals surface area (Å²) < 4.78 is 5.22. The minimum absolute atomic E-state index is 0.655. The van der Waals surface area contributed by atoms with Gasteiger partial charge in [-0.1, -0.05) is 19.9 Å². The first-order valence-electron chi connectivity index (χ1n) is 5.44. The first kappa shape index (κ1) is 14.2. The molecule has 0 atom stereocenters. The second-order valence-electron chi connectivity index (χ2n) is 3.00. The Hall–Kier alpha value is -1.75. The average molecular weight is 217 g/mol. The van der Waals surface area contributed by atoms with E-state index in [9.17, 15) is 0 Å². The van der Waals surface area contributed by atoms with Crippen LogP contribution in [0.5, 0.6) is 5.75 Å². The fraction of sp³-hybridized carbons (Fsp3) is 0.357. The first-order chi connectivity index (χ1) is 7.72. The van der Waals surface area contributed by atoms with E-state index in [1.807, 2.05) is 45.9 Å². The molecular formula is C14H19NO. The average Bonchev–Trinajstić information content (AvgIpc) is 2.39. The van der Waals surface area contributed by atoms with Crippen molar-refractivity contribution in [2.24, 2.45) is 0 Å². The predicted octanol–water partition coefficient (Wildman–Crippen LogP) is 4.02. The van der Waals surface area contributed by atoms with Crippen molar-refractivity contribution in [2.75, 3.05) is 7.11 Å². The molecule has 1 aromatic rings. The lowest BCUT2D eigenvalue weighted by molar-refractivity contribution is 0.413. The van der Waals surface area contributed by atoms with E-state index in [1.165, 1.54) is 0 Å². The highest BCUT2D eigenvalue weighted by Gasteiger charge is 2.05. The highest BCUT2D eigenvalue weighted by molar-refractivity contribution is 5.70. The molecule has 0 aliphatic rings. The van der Waals surface area contributed by atoms with Crippen LogP contribution in [0.25, 0.3) is 5.57 Å². The molecule has 0 saturated heterocycles. The summed E-state index contributed by atoms with van der Waals surface area (Å²) >= 11 is 0. The second-order valence-corrected chi connectivity index (χ2v) is 3.00. The Bertz CT molecular complexity index is 400. The van der Waals surface area contributed by atoms with Crippen molar-refractivity contribution in [2.45, 2.75) is 27.7 Å². The Balaban J connectivity index is 0.00000106. The van der Waals surface area contributed by atoms with E-state index in [4.69, 9.17) is 10.00 Å². The van der Waals surface area contributed by atoms with Crippen LogP contribution in [0, 0.1) is 11.3 Å². The molecule has 1 rings (SSSR count). The lowest BCUT2D eigenvalue weighted by Crippen LogP contribution is -1.90. The molecule has 86 valence electrons. The third kappa shape index (κ3) is 3.43. The van der Waals surface area contributed by atoms with Gasteiger partial charge >= 0.3 is 0 Å². The van der Waals surface area contributed by atoms with Gasteiger partial charge in [0.05, 0.1) is 18.7 Å². The van der Waals surface area contributed by atoms with Crippen molar-refractivity contribution in [3.8, 4) is 11.8 Å². The van der Waals surface area contributed by atoms with Crippen LogP contribution in [-0.4, -0.2) is 7.11 Å². The van der Waals surface area contributed by atoms with Gasteiger partial charge in [0, 0.05) is 5.56 Å². The van der Waals surface area contributed by atoms with Crippen molar-refractivity contribution in [3.05, 3.63) is 35.4 Å². The molecule has 0 spiro atoms. The SMILES string of the molecule is C/C=C(\C)c1cc(C#N)ccc1OC.CC. The summed E-state index contributed by atoms with van der Waals surface area (Å²) in [5.74, 6) is 0.805. The van der Waals surface area contributed by atoms with E-state index < -0.39 is 0 Å². The maximum Gasteiger partial charge on any atom is 0.126 e. The molecule has 0 amide bonds. The molecule has 2 nitrogen and oxygen atoms in total. The summed E-state index contributed by atoms with van der Waals surface area (Å²) in [5.41, 5.74) is 2.75. The zero-order valence-electron chi connectivity index (χ0n) is 10.7. The molecule has 1 aromatic carbocycles. The van der Waals surface area contributed by atoms with Crippen LogP contribution in [0.15, 0.2) is 24.3 Å². The normalized spacial score (nSPS) is 9.88. The molecule has 0 aliphatic heterocycles. The second kappa shape index (κ2) is 7.53. The van der Waals surface area contributed by atoms with E-state index in [2.05, 4.69) is 6.07 Å². The van der Waals surface area contributed by atoms with E-state index in [-0.39, 0.29) is 0 Å². The van der Waals surface area contributed by atoms with Crippen LogP contribution < -0.4 is 4.74 Å². The van der Waals surface area contributed by atoms with Gasteiger partial charge in [0.1, 0.15) is 5.75 Å². The molecule has 0 saturated carbocycles. The Morgan fingerprint density at radius 3 is 2.44 bits per heavy atom. The summed E-state index contributed by atoms with van der Waals surface area (Å²) in [6.07, 6.45) is 2.00. The Kier molecular flexibility index (Phi) is 6.71. The molecule has 0 fully saturated rings. The topological polar surface area (TPSA) is 33.0 Å². The number of nitrogens with zero attached hydrogens (tertiary/aromatic N) is 1. The van der Waals surface area contributed by atoms with Crippen molar-refractivity contribution in [3.63, 3.8) is 0 Å². The van der Waals surface area contributed by atoms with Crippen LogP contribution in [0.3, 0.4) is 0 Å². The lowest BCUT2D eigenvalue weighted by atomic mass is 10.0. The highest BCUT2D eigenvalue weighted by atomic mass is 16.5. The maximum absolute atomic E-state index is 8.77. The summed E-state index contributed by atoms with van der Waals surface area (Å²) in [6.45, 7) is 7.97. The summed E-state index contributed by atoms with van der Waals surface area (Å²) in [5, 5.41) is 8.77. The van der Waals surface area contributed by atoms with Gasteiger partial charge in [-0.15, -0.1) is 0 Å². The van der Waals surface area contributed by atoms with Gasteiger partial charge in [-0.2, -0.15) is 5.26 Å². The van der Waals surface area contributed by atoms with Gasteiger partial charge in [0.2, 0.25) is 0 Å². The van der Waals surface area contributed by atoms with Crippen molar-refractivity contribution in [1.82, 2.24) is 0 Å². The molecule has 0 aliphatic carbocycles. The third-order valence-electron chi connectivity index (χ3n) is 2.19.